The summed E-state index contributed by atoms with van der Waals surface area (Å²) in [5.74, 6) is 1.03. The Labute approximate surface area is 235 Å². The molecule has 12 heteroatoms. The summed E-state index contributed by atoms with van der Waals surface area (Å²) in [7, 11) is -1.82. The number of ether oxygens (including phenoxy) is 1. The topological polar surface area (TPSA) is 93.1 Å². The summed E-state index contributed by atoms with van der Waals surface area (Å²) in [6.07, 6.45) is 1.73. The molecule has 0 spiro atoms. The summed E-state index contributed by atoms with van der Waals surface area (Å²) in [6.45, 7) is 13.5. The molecule has 37 heavy (non-hydrogen) atoms. The second kappa shape index (κ2) is 11.9. The van der Waals surface area contributed by atoms with E-state index in [1.807, 2.05) is 14.0 Å². The van der Waals surface area contributed by atoms with E-state index < -0.39 is 10.0 Å². The highest BCUT2D eigenvalue weighted by Crippen LogP contribution is 2.33. The van der Waals surface area contributed by atoms with E-state index in [0.717, 1.165) is 60.2 Å². The van der Waals surface area contributed by atoms with Crippen molar-refractivity contribution in [3.8, 4) is 17.1 Å². The van der Waals surface area contributed by atoms with Crippen molar-refractivity contribution >= 4 is 33.3 Å². The van der Waals surface area contributed by atoms with Gasteiger partial charge in [-0.25, -0.2) is 13.4 Å². The number of benzene rings is 1. The summed E-state index contributed by atoms with van der Waals surface area (Å²) >= 11 is 5.63. The minimum absolute atomic E-state index is 0. The molecular weight excluding hydrogens is 576 g/mol. The average molecular weight is 614 g/mol. The van der Waals surface area contributed by atoms with Crippen LogP contribution in [-0.2, 0) is 23.5 Å². The van der Waals surface area contributed by atoms with Crippen molar-refractivity contribution in [2.75, 3.05) is 45.9 Å². The van der Waals surface area contributed by atoms with E-state index in [9.17, 15) is 8.42 Å². The molecule has 1 N–H and O–H groups in total. The Bertz CT molecular complexity index is 1410. The lowest BCUT2D eigenvalue weighted by atomic mass is 10.1. The predicted octanol–water partition coefficient (Wildman–Crippen LogP) is 0.909. The van der Waals surface area contributed by atoms with Gasteiger partial charge in [0.1, 0.15) is 17.1 Å². The van der Waals surface area contributed by atoms with Crippen molar-refractivity contribution in [3.05, 3.63) is 28.5 Å². The number of nitrogens with zero attached hydrogens (tertiary/aromatic N) is 5. The predicted molar refractivity (Wildman–Crippen MR) is 144 cm³/mol. The van der Waals surface area contributed by atoms with Crippen LogP contribution in [0.5, 0.6) is 5.75 Å². The zero-order chi connectivity index (χ0) is 26.1. The number of likely N-dealkylation sites (N-methyl/N-ethyl adjacent to an activating group) is 1. The minimum atomic E-state index is -3.67. The van der Waals surface area contributed by atoms with Gasteiger partial charge in [0.05, 0.1) is 67.5 Å². The molecular formula is C25H37BrN6O3S2. The summed E-state index contributed by atoms with van der Waals surface area (Å²) in [5.41, 5.74) is 3.07. The van der Waals surface area contributed by atoms with Gasteiger partial charge in [-0.1, -0.05) is 25.6 Å². The summed E-state index contributed by atoms with van der Waals surface area (Å²) in [5, 5.41) is 4.62. The third-order valence-electron chi connectivity index (χ3n) is 7.40. The normalized spacial score (nSPS) is 16.0. The number of aryl methyl sites for hydroxylation is 2. The first-order chi connectivity index (χ1) is 17.2. The molecule has 0 bridgehead atoms. The van der Waals surface area contributed by atoms with E-state index in [4.69, 9.17) is 17.0 Å². The Morgan fingerprint density at radius 1 is 1.14 bits per heavy atom. The number of sulfonamides is 1. The quantitative estimate of drug-likeness (QED) is 0.285. The largest absolute Gasteiger partial charge is 1.00 e. The Balaban J connectivity index is 0.00000380. The fourth-order valence-electron chi connectivity index (χ4n) is 5.05. The first-order valence-corrected chi connectivity index (χ1v) is 14.6. The molecule has 0 aliphatic carbocycles. The third-order valence-corrected chi connectivity index (χ3v) is 9.58. The Morgan fingerprint density at radius 2 is 1.81 bits per heavy atom. The number of hydrogen-bond donors (Lipinski definition) is 1. The number of rotatable bonds is 9. The lowest BCUT2D eigenvalue weighted by Gasteiger charge is -2.43. The molecule has 0 radical (unpaired) electrons. The lowest BCUT2D eigenvalue weighted by Crippen LogP contribution is -3.00. The average Bonchev–Trinajstić information content (AvgIpc) is 3.20. The standard InChI is InChI=1S/C25H36N6O3S2.BrH/c1-6-10-20-22-23(29(5)28-20)25(35)27-24(26-22)19-17-18(11-12-21(19)34-9-4)36(32,33)30-13-15-31(7-2,8-3)16-14-30;/h11-12,17H,6-10,13-16H2,1-5H3;1H. The van der Waals surface area contributed by atoms with Crippen molar-refractivity contribution in [2.24, 2.45) is 7.05 Å². The van der Waals surface area contributed by atoms with Crippen LogP contribution in [0.1, 0.15) is 39.8 Å². The van der Waals surface area contributed by atoms with Crippen LogP contribution in [0.3, 0.4) is 0 Å². The highest BCUT2D eigenvalue weighted by molar-refractivity contribution is 7.89. The van der Waals surface area contributed by atoms with E-state index in [-0.39, 0.29) is 21.9 Å². The van der Waals surface area contributed by atoms with Gasteiger partial charge in [0.15, 0.2) is 4.64 Å². The maximum absolute atomic E-state index is 13.7. The highest BCUT2D eigenvalue weighted by atomic mass is 79.9. The van der Waals surface area contributed by atoms with Crippen LogP contribution in [0.2, 0.25) is 0 Å². The fourth-order valence-corrected chi connectivity index (χ4v) is 6.82. The Morgan fingerprint density at radius 3 is 2.41 bits per heavy atom. The summed E-state index contributed by atoms with van der Waals surface area (Å²) in [4.78, 5) is 8.25. The number of hydrogen-bond acceptors (Lipinski definition) is 6. The molecule has 1 fully saturated rings. The molecule has 0 amide bonds. The number of quaternary nitrogens is 1. The minimum Gasteiger partial charge on any atom is -1.00 e. The molecule has 1 aromatic carbocycles. The second-order valence-electron chi connectivity index (χ2n) is 9.35. The van der Waals surface area contributed by atoms with Crippen LogP contribution in [0.25, 0.3) is 22.4 Å². The van der Waals surface area contributed by atoms with E-state index in [0.29, 0.717) is 41.5 Å². The van der Waals surface area contributed by atoms with Crippen LogP contribution in [0.4, 0.5) is 0 Å². The number of fused-ring (bicyclic) bond motifs is 1. The number of piperazine rings is 1. The summed E-state index contributed by atoms with van der Waals surface area (Å²) in [6, 6.07) is 5.00. The van der Waals surface area contributed by atoms with Gasteiger partial charge in [0.25, 0.3) is 0 Å². The number of aromatic amines is 1. The maximum atomic E-state index is 13.7. The molecule has 1 saturated heterocycles. The van der Waals surface area contributed by atoms with Gasteiger partial charge in [0.2, 0.25) is 10.0 Å². The van der Waals surface area contributed by atoms with Gasteiger partial charge in [-0.2, -0.15) is 9.40 Å². The zero-order valence-corrected chi connectivity index (χ0v) is 25.5. The second-order valence-corrected chi connectivity index (χ2v) is 11.7. The van der Waals surface area contributed by atoms with E-state index in [1.54, 1.807) is 27.2 Å². The van der Waals surface area contributed by atoms with Gasteiger partial charge in [0, 0.05) is 7.05 Å². The lowest BCUT2D eigenvalue weighted by molar-refractivity contribution is -0.928. The Hall–Kier alpha value is -1.86. The maximum Gasteiger partial charge on any atom is 0.243 e. The van der Waals surface area contributed by atoms with Gasteiger partial charge >= 0.3 is 0 Å². The van der Waals surface area contributed by atoms with Crippen LogP contribution >= 0.6 is 12.2 Å². The van der Waals surface area contributed by atoms with E-state index >= 15 is 0 Å². The molecule has 3 heterocycles. The monoisotopic (exact) mass is 612 g/mol. The number of nitrogens with one attached hydrogen (secondary N) is 1. The van der Waals surface area contributed by atoms with E-state index in [2.05, 4.69) is 35.8 Å². The van der Waals surface area contributed by atoms with Crippen molar-refractivity contribution in [1.29, 1.82) is 0 Å². The first-order valence-electron chi connectivity index (χ1n) is 12.8. The van der Waals surface area contributed by atoms with Gasteiger partial charge in [-0.05, 0) is 45.4 Å². The molecule has 2 aromatic heterocycles. The van der Waals surface area contributed by atoms with Crippen molar-refractivity contribution in [2.45, 2.75) is 45.4 Å². The van der Waals surface area contributed by atoms with Gasteiger partial charge < -0.3 is 31.2 Å². The molecule has 4 rings (SSSR count). The third kappa shape index (κ3) is 5.63. The SMILES string of the molecule is CCCc1nn(C)c2c(=S)nc(-c3cc(S(=O)(=O)N4CC[N+](CC)(CC)CC4)ccc3OCC)[nH]c12.[Br-]. The molecule has 0 saturated carbocycles. The van der Waals surface area contributed by atoms with Crippen LogP contribution in [-0.4, -0.2) is 82.8 Å². The smallest absolute Gasteiger partial charge is 0.243 e. The molecule has 9 nitrogen and oxygen atoms in total. The number of H-pyrrole nitrogens is 1. The van der Waals surface area contributed by atoms with Crippen molar-refractivity contribution in [3.63, 3.8) is 0 Å². The van der Waals surface area contributed by atoms with E-state index in [1.165, 1.54) is 0 Å². The molecule has 1 aliphatic heterocycles. The van der Waals surface area contributed by atoms with Crippen molar-refractivity contribution < 1.29 is 34.6 Å². The molecule has 3 aromatic rings. The zero-order valence-electron chi connectivity index (χ0n) is 22.3. The molecule has 204 valence electrons. The molecule has 0 unspecified atom stereocenters. The van der Waals surface area contributed by atoms with Crippen LogP contribution in [0, 0.1) is 4.64 Å². The van der Waals surface area contributed by atoms with Crippen molar-refractivity contribution in [1.82, 2.24) is 24.1 Å². The number of aromatic nitrogens is 4. The summed E-state index contributed by atoms with van der Waals surface area (Å²) < 4.78 is 37.9. The first kappa shape index (κ1) is 29.7. The molecule has 1 aliphatic rings. The Kier molecular flexibility index (Phi) is 9.55. The van der Waals surface area contributed by atoms with Gasteiger partial charge in [-0.3, -0.25) is 4.68 Å². The highest BCUT2D eigenvalue weighted by Gasteiger charge is 2.36. The number of halogens is 1. The van der Waals surface area contributed by atoms with Crippen LogP contribution < -0.4 is 21.7 Å². The molecule has 0 atom stereocenters. The fraction of sp³-hybridized carbons (Fsp3) is 0.560. The van der Waals surface area contributed by atoms with Gasteiger partial charge in [-0.15, -0.1) is 0 Å². The van der Waals surface area contributed by atoms with Crippen LogP contribution in [0.15, 0.2) is 23.1 Å².